The fourth-order valence-electron chi connectivity index (χ4n) is 3.67. The van der Waals surface area contributed by atoms with Crippen molar-refractivity contribution >= 4 is 23.9 Å². The van der Waals surface area contributed by atoms with Gasteiger partial charge in [0.05, 0.1) is 14.2 Å². The lowest BCUT2D eigenvalue weighted by Gasteiger charge is -2.14. The maximum absolute atomic E-state index is 6.02. The van der Waals surface area contributed by atoms with Crippen molar-refractivity contribution in [2.75, 3.05) is 25.7 Å². The molecular formula is C27H26N4O2. The molecule has 0 spiro atoms. The number of ether oxygens (including phenoxy) is 2. The second-order valence-electron chi connectivity index (χ2n) is 7.56. The van der Waals surface area contributed by atoms with Gasteiger partial charge in [0.2, 0.25) is 5.95 Å². The van der Waals surface area contributed by atoms with Crippen molar-refractivity contribution in [3.05, 3.63) is 95.2 Å². The highest BCUT2D eigenvalue weighted by Gasteiger charge is 2.13. The highest BCUT2D eigenvalue weighted by molar-refractivity contribution is 5.76. The Hall–Kier alpha value is -4.32. The molecule has 0 amide bonds. The standard InChI is InChI=1S/C27H26N4O2/c1-32-24-16-19(15-23-17-30-27(29)31-26(23)28)14-22(25(24)33-2)13-10-18-8-11-21(12-9-18)20-6-4-3-5-7-20/h3-14,16-17H,15H2,1-2H3,(H4,28,29,30,31). The highest BCUT2D eigenvalue weighted by atomic mass is 16.5. The van der Waals surface area contributed by atoms with Crippen molar-refractivity contribution in [3.63, 3.8) is 0 Å². The third-order valence-corrected chi connectivity index (χ3v) is 5.35. The van der Waals surface area contributed by atoms with Gasteiger partial charge < -0.3 is 20.9 Å². The van der Waals surface area contributed by atoms with Gasteiger partial charge >= 0.3 is 0 Å². The predicted octanol–water partition coefficient (Wildman–Crippen LogP) is 5.09. The molecule has 0 unspecified atom stereocenters. The van der Waals surface area contributed by atoms with E-state index in [9.17, 15) is 0 Å². The second kappa shape index (κ2) is 9.87. The smallest absolute Gasteiger partial charge is 0.221 e. The molecular weight excluding hydrogens is 412 g/mol. The lowest BCUT2D eigenvalue weighted by atomic mass is 10.0. The maximum atomic E-state index is 6.02. The number of rotatable bonds is 7. The average molecular weight is 439 g/mol. The van der Waals surface area contributed by atoms with E-state index in [0.717, 1.165) is 22.3 Å². The topological polar surface area (TPSA) is 96.3 Å². The minimum atomic E-state index is 0.158. The van der Waals surface area contributed by atoms with E-state index in [1.54, 1.807) is 20.4 Å². The number of methoxy groups -OCH3 is 2. The van der Waals surface area contributed by atoms with Crippen LogP contribution in [0.3, 0.4) is 0 Å². The van der Waals surface area contributed by atoms with Crippen molar-refractivity contribution in [1.82, 2.24) is 9.97 Å². The van der Waals surface area contributed by atoms with E-state index in [-0.39, 0.29) is 5.95 Å². The molecule has 3 aromatic carbocycles. The fourth-order valence-corrected chi connectivity index (χ4v) is 3.67. The Morgan fingerprint density at radius 2 is 1.58 bits per heavy atom. The average Bonchev–Trinajstić information content (AvgIpc) is 2.85. The first-order chi connectivity index (χ1) is 16.1. The molecule has 1 heterocycles. The number of nitrogens with zero attached hydrogens (tertiary/aromatic N) is 2. The largest absolute Gasteiger partial charge is 0.493 e. The zero-order chi connectivity index (χ0) is 23.2. The Kier molecular flexibility index (Phi) is 6.55. The van der Waals surface area contributed by atoms with Gasteiger partial charge in [-0.1, -0.05) is 66.7 Å². The monoisotopic (exact) mass is 438 g/mol. The number of hydrogen-bond donors (Lipinski definition) is 2. The van der Waals surface area contributed by atoms with Crippen LogP contribution in [-0.2, 0) is 6.42 Å². The summed E-state index contributed by atoms with van der Waals surface area (Å²) in [5, 5.41) is 0. The molecule has 0 radical (unpaired) electrons. The molecule has 166 valence electrons. The Bertz CT molecular complexity index is 1270. The zero-order valence-corrected chi connectivity index (χ0v) is 18.7. The van der Waals surface area contributed by atoms with Gasteiger partial charge in [0.1, 0.15) is 5.82 Å². The number of aromatic nitrogens is 2. The summed E-state index contributed by atoms with van der Waals surface area (Å²) < 4.78 is 11.2. The number of anilines is 2. The molecule has 6 heteroatoms. The SMILES string of the molecule is COc1cc(Cc2cnc(N)nc2N)cc(C=Cc2ccc(-c3ccccc3)cc2)c1OC. The minimum absolute atomic E-state index is 0.158. The molecule has 0 aliphatic heterocycles. The summed E-state index contributed by atoms with van der Waals surface area (Å²) in [6, 6.07) is 22.7. The number of benzene rings is 3. The van der Waals surface area contributed by atoms with Crippen LogP contribution in [0.25, 0.3) is 23.3 Å². The van der Waals surface area contributed by atoms with Gasteiger partial charge in [-0.05, 0) is 34.4 Å². The van der Waals surface area contributed by atoms with Crippen LogP contribution in [0.5, 0.6) is 11.5 Å². The first-order valence-corrected chi connectivity index (χ1v) is 10.5. The summed E-state index contributed by atoms with van der Waals surface area (Å²) in [6.07, 6.45) is 6.26. The van der Waals surface area contributed by atoms with Gasteiger partial charge in [0.15, 0.2) is 11.5 Å². The van der Waals surface area contributed by atoms with Crippen LogP contribution in [0.2, 0.25) is 0 Å². The molecule has 0 fully saturated rings. The van der Waals surface area contributed by atoms with Crippen LogP contribution >= 0.6 is 0 Å². The van der Waals surface area contributed by atoms with Crippen molar-refractivity contribution in [1.29, 1.82) is 0 Å². The van der Waals surface area contributed by atoms with Crippen LogP contribution in [0.1, 0.15) is 22.3 Å². The molecule has 0 saturated carbocycles. The quantitative estimate of drug-likeness (QED) is 0.390. The summed E-state index contributed by atoms with van der Waals surface area (Å²) >= 11 is 0. The van der Waals surface area contributed by atoms with Gasteiger partial charge in [-0.25, -0.2) is 4.98 Å². The van der Waals surface area contributed by atoms with E-state index >= 15 is 0 Å². The van der Waals surface area contributed by atoms with Crippen LogP contribution < -0.4 is 20.9 Å². The van der Waals surface area contributed by atoms with Gasteiger partial charge in [-0.3, -0.25) is 0 Å². The second-order valence-corrected chi connectivity index (χ2v) is 7.56. The number of nitrogen functional groups attached to an aromatic ring is 2. The summed E-state index contributed by atoms with van der Waals surface area (Å²) in [6.45, 7) is 0. The molecule has 0 saturated heterocycles. The van der Waals surface area contributed by atoms with Gasteiger partial charge in [0.25, 0.3) is 0 Å². The Balaban J connectivity index is 1.63. The predicted molar refractivity (Wildman–Crippen MR) is 134 cm³/mol. The first-order valence-electron chi connectivity index (χ1n) is 10.5. The normalized spacial score (nSPS) is 11.0. The van der Waals surface area contributed by atoms with Crippen molar-refractivity contribution in [3.8, 4) is 22.6 Å². The third-order valence-electron chi connectivity index (χ3n) is 5.35. The molecule has 0 atom stereocenters. The summed E-state index contributed by atoms with van der Waals surface area (Å²) in [5.74, 6) is 1.84. The van der Waals surface area contributed by atoms with E-state index in [4.69, 9.17) is 20.9 Å². The summed E-state index contributed by atoms with van der Waals surface area (Å²) in [7, 11) is 3.26. The summed E-state index contributed by atoms with van der Waals surface area (Å²) in [4.78, 5) is 8.10. The highest BCUT2D eigenvalue weighted by Crippen LogP contribution is 2.35. The summed E-state index contributed by atoms with van der Waals surface area (Å²) in [5.41, 5.74) is 17.8. The molecule has 1 aromatic heterocycles. The molecule has 4 rings (SSSR count). The van der Waals surface area contributed by atoms with Crippen LogP contribution in [-0.4, -0.2) is 24.2 Å². The van der Waals surface area contributed by atoms with E-state index in [1.807, 2.05) is 36.4 Å². The fraction of sp³-hybridized carbons (Fsp3) is 0.111. The zero-order valence-electron chi connectivity index (χ0n) is 18.7. The van der Waals surface area contributed by atoms with Crippen LogP contribution in [0.15, 0.2) is 72.9 Å². The number of hydrogen-bond acceptors (Lipinski definition) is 6. The van der Waals surface area contributed by atoms with Crippen molar-refractivity contribution in [2.24, 2.45) is 0 Å². The van der Waals surface area contributed by atoms with E-state index in [1.165, 1.54) is 11.1 Å². The van der Waals surface area contributed by atoms with Gasteiger partial charge in [-0.2, -0.15) is 4.98 Å². The van der Waals surface area contributed by atoms with Crippen LogP contribution in [0, 0.1) is 0 Å². The Morgan fingerprint density at radius 3 is 2.24 bits per heavy atom. The van der Waals surface area contributed by atoms with E-state index < -0.39 is 0 Å². The lowest BCUT2D eigenvalue weighted by molar-refractivity contribution is 0.354. The van der Waals surface area contributed by atoms with Crippen LogP contribution in [0.4, 0.5) is 11.8 Å². The molecule has 33 heavy (non-hydrogen) atoms. The van der Waals surface area contributed by atoms with Crippen molar-refractivity contribution < 1.29 is 9.47 Å². The maximum Gasteiger partial charge on any atom is 0.221 e. The lowest BCUT2D eigenvalue weighted by Crippen LogP contribution is -2.04. The first kappa shape index (κ1) is 21.9. The van der Waals surface area contributed by atoms with E-state index in [0.29, 0.717) is 23.7 Å². The Labute approximate surface area is 193 Å². The molecule has 4 aromatic rings. The van der Waals surface area contributed by atoms with Crippen molar-refractivity contribution in [2.45, 2.75) is 6.42 Å². The van der Waals surface area contributed by atoms with E-state index in [2.05, 4.69) is 52.4 Å². The third kappa shape index (κ3) is 5.13. The van der Waals surface area contributed by atoms with Gasteiger partial charge in [-0.15, -0.1) is 0 Å². The molecule has 0 bridgehead atoms. The molecule has 4 N–H and O–H groups in total. The minimum Gasteiger partial charge on any atom is -0.493 e. The van der Waals surface area contributed by atoms with Gasteiger partial charge in [0, 0.05) is 23.7 Å². The number of nitrogens with two attached hydrogens (primary N) is 2. The molecule has 0 aliphatic carbocycles. The Morgan fingerprint density at radius 1 is 0.848 bits per heavy atom. The molecule has 0 aliphatic rings. The molecule has 6 nitrogen and oxygen atoms in total.